The van der Waals surface area contributed by atoms with Crippen molar-refractivity contribution in [1.82, 2.24) is 0 Å². The number of allylic oxidation sites excluding steroid dienone is 2. The van der Waals surface area contributed by atoms with Crippen LogP contribution in [0.5, 0.6) is 0 Å². The summed E-state index contributed by atoms with van der Waals surface area (Å²) in [5.41, 5.74) is 3.19. The van der Waals surface area contributed by atoms with Crippen molar-refractivity contribution in [3.8, 4) is 0 Å². The van der Waals surface area contributed by atoms with Gasteiger partial charge in [-0.3, -0.25) is 0 Å². The summed E-state index contributed by atoms with van der Waals surface area (Å²) in [5, 5.41) is 0. The van der Waals surface area contributed by atoms with Gasteiger partial charge in [-0.2, -0.15) is 0 Å². The molecular formula is C14H16. The van der Waals surface area contributed by atoms with Gasteiger partial charge < -0.3 is 0 Å². The molecule has 0 heteroatoms. The van der Waals surface area contributed by atoms with Gasteiger partial charge in [0.15, 0.2) is 0 Å². The minimum atomic E-state index is 0.810. The molecule has 2 aliphatic rings. The molecule has 0 saturated heterocycles. The van der Waals surface area contributed by atoms with Crippen LogP contribution in [-0.2, 0) is 0 Å². The van der Waals surface area contributed by atoms with E-state index < -0.39 is 0 Å². The lowest BCUT2D eigenvalue weighted by atomic mass is 9.85. The monoisotopic (exact) mass is 184 g/mol. The van der Waals surface area contributed by atoms with Crippen LogP contribution in [0.15, 0.2) is 42.0 Å². The van der Waals surface area contributed by atoms with Crippen LogP contribution in [0, 0.1) is 11.8 Å². The zero-order valence-electron chi connectivity index (χ0n) is 8.61. The van der Waals surface area contributed by atoms with Crippen LogP contribution in [-0.4, -0.2) is 0 Å². The molecule has 3 unspecified atom stereocenters. The largest absolute Gasteiger partial charge is 0.0816 e. The lowest BCUT2D eigenvalue weighted by Gasteiger charge is -2.20. The van der Waals surface area contributed by atoms with Crippen LogP contribution in [0.2, 0.25) is 0 Å². The first kappa shape index (κ1) is 8.28. The van der Waals surface area contributed by atoms with Crippen LogP contribution >= 0.6 is 0 Å². The molecule has 1 saturated carbocycles. The van der Waals surface area contributed by atoms with Gasteiger partial charge in [0.25, 0.3) is 0 Å². The van der Waals surface area contributed by atoms with Gasteiger partial charge in [0.1, 0.15) is 0 Å². The van der Waals surface area contributed by atoms with E-state index in [0.717, 1.165) is 17.8 Å². The second-order valence-electron chi connectivity index (χ2n) is 4.76. The molecule has 0 spiro atoms. The zero-order chi connectivity index (χ0) is 9.54. The summed E-state index contributed by atoms with van der Waals surface area (Å²) < 4.78 is 0. The predicted octanol–water partition coefficient (Wildman–Crippen LogP) is 3.76. The molecule has 1 aromatic carbocycles. The molecule has 72 valence electrons. The van der Waals surface area contributed by atoms with Gasteiger partial charge in [-0.05, 0) is 43.1 Å². The second kappa shape index (κ2) is 2.98. The van der Waals surface area contributed by atoms with E-state index in [0.29, 0.717) is 0 Å². The number of hydrogen-bond acceptors (Lipinski definition) is 0. The van der Waals surface area contributed by atoms with Crippen LogP contribution < -0.4 is 0 Å². The molecule has 0 N–H and O–H groups in total. The number of benzene rings is 1. The average molecular weight is 184 g/mol. The fraction of sp³-hybridized carbons (Fsp3) is 0.429. The van der Waals surface area contributed by atoms with E-state index in [1.165, 1.54) is 12.8 Å². The van der Waals surface area contributed by atoms with E-state index >= 15 is 0 Å². The number of rotatable bonds is 1. The molecule has 0 radical (unpaired) electrons. The molecule has 0 amide bonds. The molecule has 0 nitrogen and oxygen atoms in total. The van der Waals surface area contributed by atoms with E-state index in [2.05, 4.69) is 43.3 Å². The highest BCUT2D eigenvalue weighted by atomic mass is 14.4. The molecule has 0 aromatic heterocycles. The molecule has 0 aliphatic heterocycles. The maximum Gasteiger partial charge on any atom is -0.00930 e. The van der Waals surface area contributed by atoms with E-state index in [9.17, 15) is 0 Å². The zero-order valence-corrected chi connectivity index (χ0v) is 8.61. The first-order valence-electron chi connectivity index (χ1n) is 5.58. The fourth-order valence-electron chi connectivity index (χ4n) is 3.18. The summed E-state index contributed by atoms with van der Waals surface area (Å²) in [4.78, 5) is 0. The Morgan fingerprint density at radius 3 is 2.43 bits per heavy atom. The van der Waals surface area contributed by atoms with Gasteiger partial charge in [0, 0.05) is 0 Å². The Morgan fingerprint density at radius 2 is 1.86 bits per heavy atom. The first-order valence-corrected chi connectivity index (χ1v) is 5.58. The van der Waals surface area contributed by atoms with Crippen LogP contribution in [0.3, 0.4) is 0 Å². The Balaban J connectivity index is 1.91. The van der Waals surface area contributed by atoms with Crippen LogP contribution in [0.1, 0.15) is 31.2 Å². The van der Waals surface area contributed by atoms with Crippen molar-refractivity contribution in [3.05, 3.63) is 47.5 Å². The van der Waals surface area contributed by atoms with Crippen molar-refractivity contribution in [2.75, 3.05) is 0 Å². The third-order valence-corrected chi connectivity index (χ3v) is 3.96. The lowest BCUT2D eigenvalue weighted by Crippen LogP contribution is -2.06. The Bertz CT molecular complexity index is 361. The van der Waals surface area contributed by atoms with E-state index in [-0.39, 0.29) is 0 Å². The minimum Gasteiger partial charge on any atom is -0.0816 e. The van der Waals surface area contributed by atoms with E-state index in [1.807, 2.05) is 0 Å². The molecule has 3 rings (SSSR count). The highest BCUT2D eigenvalue weighted by Gasteiger charge is 2.38. The van der Waals surface area contributed by atoms with Gasteiger partial charge in [-0.15, -0.1) is 0 Å². The van der Waals surface area contributed by atoms with Gasteiger partial charge in [-0.1, -0.05) is 42.0 Å². The molecule has 1 aromatic rings. The van der Waals surface area contributed by atoms with Crippen molar-refractivity contribution >= 4 is 0 Å². The summed E-state index contributed by atoms with van der Waals surface area (Å²) >= 11 is 0. The van der Waals surface area contributed by atoms with Crippen molar-refractivity contribution in [2.24, 2.45) is 11.8 Å². The Labute approximate surface area is 85.6 Å². The van der Waals surface area contributed by atoms with Crippen molar-refractivity contribution in [2.45, 2.75) is 25.7 Å². The fourth-order valence-corrected chi connectivity index (χ4v) is 3.18. The highest BCUT2D eigenvalue weighted by molar-refractivity contribution is 5.30. The topological polar surface area (TPSA) is 0 Å². The lowest BCUT2D eigenvalue weighted by molar-refractivity contribution is 0.576. The van der Waals surface area contributed by atoms with Crippen LogP contribution in [0.4, 0.5) is 0 Å². The van der Waals surface area contributed by atoms with Gasteiger partial charge in [0.05, 0.1) is 0 Å². The maximum absolute atomic E-state index is 2.51. The summed E-state index contributed by atoms with van der Waals surface area (Å²) in [5.74, 6) is 2.54. The number of hydrogen-bond donors (Lipinski definition) is 0. The van der Waals surface area contributed by atoms with Crippen molar-refractivity contribution in [1.29, 1.82) is 0 Å². The third kappa shape index (κ3) is 1.13. The molecule has 2 bridgehead atoms. The van der Waals surface area contributed by atoms with Gasteiger partial charge in [0.2, 0.25) is 0 Å². The summed E-state index contributed by atoms with van der Waals surface area (Å²) in [6, 6.07) is 11.0. The molecule has 0 heterocycles. The predicted molar refractivity (Wildman–Crippen MR) is 59.2 cm³/mol. The van der Waals surface area contributed by atoms with E-state index in [1.54, 1.807) is 11.1 Å². The van der Waals surface area contributed by atoms with Gasteiger partial charge in [-0.25, -0.2) is 0 Å². The van der Waals surface area contributed by atoms with Gasteiger partial charge >= 0.3 is 0 Å². The highest BCUT2D eigenvalue weighted by Crippen LogP contribution is 2.51. The standard InChI is InChI=1S/C14H16/c1-10-7-13-8-12(10)9-14(13)11-5-3-2-4-6-11/h2-7,12-14H,8-9H2,1H3. The molecule has 3 atom stereocenters. The van der Waals surface area contributed by atoms with E-state index in [4.69, 9.17) is 0 Å². The average Bonchev–Trinajstić information content (AvgIpc) is 2.77. The summed E-state index contributed by atoms with van der Waals surface area (Å²) in [6.45, 7) is 2.30. The molecule has 1 fully saturated rings. The quantitative estimate of drug-likeness (QED) is 0.583. The Kier molecular flexibility index (Phi) is 1.76. The van der Waals surface area contributed by atoms with Crippen molar-refractivity contribution < 1.29 is 0 Å². The maximum atomic E-state index is 2.51. The van der Waals surface area contributed by atoms with Crippen molar-refractivity contribution in [3.63, 3.8) is 0 Å². The second-order valence-corrected chi connectivity index (χ2v) is 4.76. The molecule has 2 aliphatic carbocycles. The Morgan fingerprint density at radius 1 is 1.07 bits per heavy atom. The normalized spacial score (nSPS) is 34.6. The summed E-state index contributed by atoms with van der Waals surface area (Å²) in [6.07, 6.45) is 5.30. The first-order chi connectivity index (χ1) is 6.84. The minimum absolute atomic E-state index is 0.810. The summed E-state index contributed by atoms with van der Waals surface area (Å²) in [7, 11) is 0. The molecular weight excluding hydrogens is 168 g/mol. The smallest absolute Gasteiger partial charge is 0.00930 e. The number of fused-ring (bicyclic) bond motifs is 2. The van der Waals surface area contributed by atoms with Crippen LogP contribution in [0.25, 0.3) is 0 Å². The Hall–Kier alpha value is -1.04. The molecule has 14 heavy (non-hydrogen) atoms. The SMILES string of the molecule is CC1=CC2CC1CC2c1ccccc1. The third-order valence-electron chi connectivity index (χ3n) is 3.96.